The molecule has 7 heteroatoms. The van der Waals surface area contributed by atoms with E-state index in [0.717, 1.165) is 17.8 Å². The number of nitrogen functional groups attached to an aromatic ring is 1. The van der Waals surface area contributed by atoms with Crippen LogP contribution in [0.25, 0.3) is 0 Å². The molecule has 0 aliphatic heterocycles. The highest BCUT2D eigenvalue weighted by Crippen LogP contribution is 2.31. The molecule has 0 aliphatic rings. The number of nitrogens with zero attached hydrogens (tertiary/aromatic N) is 2. The molecule has 0 aliphatic carbocycles. The van der Waals surface area contributed by atoms with Gasteiger partial charge in [0, 0.05) is 25.1 Å². The molecule has 0 spiro atoms. The summed E-state index contributed by atoms with van der Waals surface area (Å²) < 4.78 is 15.5. The number of imidazole rings is 1. The van der Waals surface area contributed by atoms with Crippen LogP contribution in [0, 0.1) is 5.82 Å². The zero-order chi connectivity index (χ0) is 13.3. The maximum atomic E-state index is 13.7. The molecule has 0 saturated heterocycles. The smallest absolute Gasteiger partial charge is 0.250 e. The average molecular weight is 266 g/mol. The van der Waals surface area contributed by atoms with Gasteiger partial charge in [-0.05, 0) is 23.9 Å². The van der Waals surface area contributed by atoms with Gasteiger partial charge >= 0.3 is 0 Å². The third-order valence-corrected chi connectivity index (χ3v) is 3.46. The van der Waals surface area contributed by atoms with Crippen LogP contribution in [-0.4, -0.2) is 15.5 Å². The van der Waals surface area contributed by atoms with Gasteiger partial charge in [-0.1, -0.05) is 0 Å². The Hall–Kier alpha value is -2.02. The van der Waals surface area contributed by atoms with Crippen molar-refractivity contribution in [2.75, 3.05) is 5.73 Å². The molecule has 1 aromatic carbocycles. The van der Waals surface area contributed by atoms with Crippen molar-refractivity contribution in [1.29, 1.82) is 0 Å². The quantitative estimate of drug-likeness (QED) is 0.822. The normalized spacial score (nSPS) is 10.6. The molecule has 1 aromatic heterocycles. The topological polar surface area (TPSA) is 86.9 Å². The van der Waals surface area contributed by atoms with Crippen molar-refractivity contribution in [2.24, 2.45) is 12.8 Å². The second kappa shape index (κ2) is 4.69. The molecule has 5 nitrogen and oxygen atoms in total. The van der Waals surface area contributed by atoms with Crippen LogP contribution in [0.4, 0.5) is 10.1 Å². The first-order chi connectivity index (χ1) is 8.49. The molecule has 18 heavy (non-hydrogen) atoms. The van der Waals surface area contributed by atoms with E-state index in [0.29, 0.717) is 5.16 Å². The predicted octanol–water partition coefficient (Wildman–Crippen LogP) is 1.39. The largest absolute Gasteiger partial charge is 0.398 e. The summed E-state index contributed by atoms with van der Waals surface area (Å²) in [7, 11) is 1.79. The molecular weight excluding hydrogens is 255 g/mol. The van der Waals surface area contributed by atoms with Crippen molar-refractivity contribution >= 4 is 23.4 Å². The molecule has 94 valence electrons. The van der Waals surface area contributed by atoms with E-state index in [1.165, 1.54) is 6.07 Å². The van der Waals surface area contributed by atoms with Crippen LogP contribution < -0.4 is 11.5 Å². The van der Waals surface area contributed by atoms with Crippen LogP contribution in [0.1, 0.15) is 10.4 Å². The Kier molecular flexibility index (Phi) is 3.24. The number of benzene rings is 1. The van der Waals surface area contributed by atoms with E-state index in [9.17, 15) is 9.18 Å². The Bertz CT molecular complexity index is 611. The van der Waals surface area contributed by atoms with Gasteiger partial charge in [-0.2, -0.15) is 0 Å². The number of aryl methyl sites for hydroxylation is 1. The molecule has 2 rings (SSSR count). The van der Waals surface area contributed by atoms with Crippen LogP contribution in [-0.2, 0) is 7.05 Å². The van der Waals surface area contributed by atoms with E-state index in [-0.39, 0.29) is 16.1 Å². The van der Waals surface area contributed by atoms with Gasteiger partial charge < -0.3 is 16.0 Å². The predicted molar refractivity (Wildman–Crippen MR) is 66.7 cm³/mol. The van der Waals surface area contributed by atoms with Crippen LogP contribution in [0.3, 0.4) is 0 Å². The first-order valence-corrected chi connectivity index (χ1v) is 5.84. The van der Waals surface area contributed by atoms with E-state index in [1.54, 1.807) is 24.0 Å². The number of anilines is 1. The molecule has 0 unspecified atom stereocenters. The van der Waals surface area contributed by atoms with Crippen LogP contribution in [0.5, 0.6) is 0 Å². The molecule has 2 aromatic rings. The Morgan fingerprint density at radius 3 is 2.78 bits per heavy atom. The van der Waals surface area contributed by atoms with Crippen molar-refractivity contribution in [3.8, 4) is 0 Å². The van der Waals surface area contributed by atoms with Crippen LogP contribution >= 0.6 is 11.8 Å². The summed E-state index contributed by atoms with van der Waals surface area (Å²) in [6.45, 7) is 0. The number of amides is 1. The summed E-state index contributed by atoms with van der Waals surface area (Å²) in [6.07, 6.45) is 3.35. The molecule has 1 amide bonds. The number of primary amides is 1. The molecule has 0 radical (unpaired) electrons. The van der Waals surface area contributed by atoms with E-state index in [2.05, 4.69) is 4.98 Å². The average Bonchev–Trinajstić information content (AvgIpc) is 2.67. The minimum Gasteiger partial charge on any atom is -0.398 e. The molecule has 0 fully saturated rings. The van der Waals surface area contributed by atoms with Gasteiger partial charge in [0.05, 0.1) is 10.5 Å². The summed E-state index contributed by atoms with van der Waals surface area (Å²) in [5.41, 5.74) is 10.8. The SMILES string of the molecule is Cn1ccnc1Sc1cc(C(N)=O)c(N)cc1F. The molecular formula is C11H11FN4OS. The molecule has 4 N–H and O–H groups in total. The fourth-order valence-electron chi connectivity index (χ4n) is 1.41. The van der Waals surface area contributed by atoms with Gasteiger partial charge in [-0.15, -0.1) is 0 Å². The van der Waals surface area contributed by atoms with Gasteiger partial charge in [-0.25, -0.2) is 9.37 Å². The lowest BCUT2D eigenvalue weighted by molar-refractivity contribution is 0.100. The molecule has 0 bridgehead atoms. The Balaban J connectivity index is 2.42. The number of rotatable bonds is 3. The number of nitrogens with two attached hydrogens (primary N) is 2. The maximum Gasteiger partial charge on any atom is 0.250 e. The molecule has 1 heterocycles. The van der Waals surface area contributed by atoms with Crippen LogP contribution in [0.2, 0.25) is 0 Å². The Labute approximate surface area is 107 Å². The first kappa shape index (κ1) is 12.4. The fourth-order valence-corrected chi connectivity index (χ4v) is 2.26. The van der Waals surface area contributed by atoms with E-state index in [4.69, 9.17) is 11.5 Å². The Morgan fingerprint density at radius 2 is 2.22 bits per heavy atom. The summed E-state index contributed by atoms with van der Waals surface area (Å²) >= 11 is 1.10. The van der Waals surface area contributed by atoms with Gasteiger partial charge in [0.1, 0.15) is 5.82 Å². The molecule has 0 atom stereocenters. The lowest BCUT2D eigenvalue weighted by Gasteiger charge is -2.07. The summed E-state index contributed by atoms with van der Waals surface area (Å²) in [4.78, 5) is 15.5. The third-order valence-electron chi connectivity index (χ3n) is 2.35. The number of hydrogen-bond donors (Lipinski definition) is 2. The maximum absolute atomic E-state index is 13.7. The van der Waals surface area contributed by atoms with Crippen molar-refractivity contribution in [1.82, 2.24) is 9.55 Å². The summed E-state index contributed by atoms with van der Waals surface area (Å²) in [6, 6.07) is 2.43. The first-order valence-electron chi connectivity index (χ1n) is 5.03. The van der Waals surface area contributed by atoms with Crippen molar-refractivity contribution < 1.29 is 9.18 Å². The van der Waals surface area contributed by atoms with Gasteiger partial charge in [0.15, 0.2) is 5.16 Å². The van der Waals surface area contributed by atoms with Crippen molar-refractivity contribution in [2.45, 2.75) is 10.1 Å². The lowest BCUT2D eigenvalue weighted by Crippen LogP contribution is -2.14. The van der Waals surface area contributed by atoms with Crippen LogP contribution in [0.15, 0.2) is 34.6 Å². The third kappa shape index (κ3) is 2.30. The number of halogens is 1. The standard InChI is InChI=1S/C11H11FN4OS/c1-16-3-2-15-11(16)18-9-4-6(10(14)17)8(13)5-7(9)12/h2-5H,13H2,1H3,(H2,14,17). The molecule has 0 saturated carbocycles. The summed E-state index contributed by atoms with van der Waals surface area (Å²) in [5, 5.41) is 0.606. The number of hydrogen-bond acceptors (Lipinski definition) is 4. The van der Waals surface area contributed by atoms with E-state index in [1.807, 2.05) is 0 Å². The minimum absolute atomic E-state index is 0.0317. The number of aromatic nitrogens is 2. The summed E-state index contributed by atoms with van der Waals surface area (Å²) in [5.74, 6) is -1.19. The highest BCUT2D eigenvalue weighted by molar-refractivity contribution is 7.99. The second-order valence-corrected chi connectivity index (χ2v) is 4.67. The Morgan fingerprint density at radius 1 is 1.50 bits per heavy atom. The minimum atomic E-state index is -0.686. The zero-order valence-electron chi connectivity index (χ0n) is 9.55. The lowest BCUT2D eigenvalue weighted by atomic mass is 10.1. The monoisotopic (exact) mass is 266 g/mol. The van der Waals surface area contributed by atoms with Gasteiger partial charge in [-0.3, -0.25) is 4.79 Å². The number of carbonyl (C=O) groups is 1. The van der Waals surface area contributed by atoms with Gasteiger partial charge in [0.2, 0.25) is 0 Å². The van der Waals surface area contributed by atoms with Crippen molar-refractivity contribution in [3.63, 3.8) is 0 Å². The second-order valence-electron chi connectivity index (χ2n) is 3.66. The highest BCUT2D eigenvalue weighted by atomic mass is 32.2. The number of carbonyl (C=O) groups excluding carboxylic acids is 1. The van der Waals surface area contributed by atoms with Crippen molar-refractivity contribution in [3.05, 3.63) is 35.9 Å². The van der Waals surface area contributed by atoms with E-state index >= 15 is 0 Å². The highest BCUT2D eigenvalue weighted by Gasteiger charge is 2.14. The van der Waals surface area contributed by atoms with E-state index < -0.39 is 11.7 Å². The fraction of sp³-hybridized carbons (Fsp3) is 0.0909. The zero-order valence-corrected chi connectivity index (χ0v) is 10.4. The van der Waals surface area contributed by atoms with Gasteiger partial charge in [0.25, 0.3) is 5.91 Å².